The fourth-order valence-electron chi connectivity index (χ4n) is 1.31. The number of esters is 1. The van der Waals surface area contributed by atoms with E-state index in [1.54, 1.807) is 0 Å². The van der Waals surface area contributed by atoms with Crippen molar-refractivity contribution in [2.75, 3.05) is 18.6 Å². The number of rotatable bonds is 2. The van der Waals surface area contributed by atoms with E-state index >= 15 is 0 Å². The maximum Gasteiger partial charge on any atom is 0.307 e. The van der Waals surface area contributed by atoms with Crippen LogP contribution in [-0.4, -0.2) is 30.1 Å². The average molecular weight is 226 g/mol. The summed E-state index contributed by atoms with van der Waals surface area (Å²) in [6.45, 7) is 0. The van der Waals surface area contributed by atoms with Crippen LogP contribution in [-0.2, 0) is 9.53 Å². The Morgan fingerprint density at radius 2 is 2.08 bits per heavy atom. The Balaban J connectivity index is 0.00000144. The molecule has 1 aliphatic heterocycles. The van der Waals surface area contributed by atoms with Gasteiger partial charge in [0.15, 0.2) is 0 Å². The molecule has 0 aliphatic carbocycles. The highest BCUT2D eigenvalue weighted by molar-refractivity contribution is 7.99. The van der Waals surface area contributed by atoms with Crippen molar-refractivity contribution >= 4 is 30.1 Å². The van der Waals surface area contributed by atoms with Gasteiger partial charge in [-0.25, -0.2) is 0 Å². The van der Waals surface area contributed by atoms with Crippen LogP contribution >= 0.6 is 24.2 Å². The summed E-state index contributed by atoms with van der Waals surface area (Å²) >= 11 is 1.90. The van der Waals surface area contributed by atoms with Gasteiger partial charge in [-0.1, -0.05) is 0 Å². The fourth-order valence-corrected chi connectivity index (χ4v) is 2.62. The third-order valence-electron chi connectivity index (χ3n) is 2.21. The third kappa shape index (κ3) is 4.20. The van der Waals surface area contributed by atoms with Gasteiger partial charge in [0.05, 0.1) is 13.5 Å². The SMILES string of the molecule is COC(=O)CC1(N)CCSCC1.Cl. The predicted molar refractivity (Wildman–Crippen MR) is 57.4 cm³/mol. The molecule has 0 amide bonds. The van der Waals surface area contributed by atoms with Gasteiger partial charge in [-0.05, 0) is 24.3 Å². The van der Waals surface area contributed by atoms with Gasteiger partial charge >= 0.3 is 5.97 Å². The van der Waals surface area contributed by atoms with Crippen LogP contribution in [0.3, 0.4) is 0 Å². The zero-order valence-corrected chi connectivity index (χ0v) is 9.38. The number of nitrogens with two attached hydrogens (primary N) is 1. The summed E-state index contributed by atoms with van der Waals surface area (Å²) in [4.78, 5) is 11.0. The van der Waals surface area contributed by atoms with Gasteiger partial charge in [0, 0.05) is 5.54 Å². The first-order valence-corrected chi connectivity index (χ1v) is 5.25. The van der Waals surface area contributed by atoms with Crippen LogP contribution in [0.1, 0.15) is 19.3 Å². The number of carbonyl (C=O) groups excluding carboxylic acids is 1. The second-order valence-electron chi connectivity index (χ2n) is 3.23. The Morgan fingerprint density at radius 1 is 1.54 bits per heavy atom. The molecule has 1 rings (SSSR count). The van der Waals surface area contributed by atoms with Crippen LogP contribution in [0.4, 0.5) is 0 Å². The summed E-state index contributed by atoms with van der Waals surface area (Å²) in [5, 5.41) is 0. The number of halogens is 1. The lowest BCUT2D eigenvalue weighted by molar-refractivity contribution is -0.142. The first-order valence-electron chi connectivity index (χ1n) is 4.10. The van der Waals surface area contributed by atoms with E-state index in [4.69, 9.17) is 5.73 Å². The zero-order chi connectivity index (χ0) is 9.03. The summed E-state index contributed by atoms with van der Waals surface area (Å²) in [6.07, 6.45) is 2.21. The molecule has 1 saturated heterocycles. The number of hydrogen-bond acceptors (Lipinski definition) is 4. The highest BCUT2D eigenvalue weighted by Crippen LogP contribution is 2.27. The van der Waals surface area contributed by atoms with E-state index in [1.807, 2.05) is 11.8 Å². The molecular formula is C8H16ClNO2S. The number of ether oxygens (including phenoxy) is 1. The fraction of sp³-hybridized carbons (Fsp3) is 0.875. The van der Waals surface area contributed by atoms with Crippen LogP contribution in [0.5, 0.6) is 0 Å². The molecule has 0 saturated carbocycles. The van der Waals surface area contributed by atoms with Crippen molar-refractivity contribution in [3.05, 3.63) is 0 Å². The van der Waals surface area contributed by atoms with E-state index < -0.39 is 0 Å². The Bertz CT molecular complexity index is 172. The molecule has 2 N–H and O–H groups in total. The highest BCUT2D eigenvalue weighted by Gasteiger charge is 2.30. The van der Waals surface area contributed by atoms with Gasteiger partial charge in [-0.2, -0.15) is 11.8 Å². The molecule has 0 atom stereocenters. The minimum atomic E-state index is -0.293. The average Bonchev–Trinajstić information content (AvgIpc) is 2.05. The molecule has 0 aromatic heterocycles. The van der Waals surface area contributed by atoms with Gasteiger partial charge in [0.1, 0.15) is 0 Å². The summed E-state index contributed by atoms with van der Waals surface area (Å²) in [6, 6.07) is 0. The molecule has 0 radical (unpaired) electrons. The normalized spacial score (nSPS) is 20.2. The summed E-state index contributed by atoms with van der Waals surface area (Å²) in [7, 11) is 1.41. The minimum Gasteiger partial charge on any atom is -0.469 e. The molecule has 78 valence electrons. The van der Waals surface area contributed by atoms with E-state index in [-0.39, 0.29) is 23.9 Å². The van der Waals surface area contributed by atoms with Crippen molar-refractivity contribution in [2.24, 2.45) is 5.73 Å². The van der Waals surface area contributed by atoms with Crippen LogP contribution < -0.4 is 5.73 Å². The second kappa shape index (κ2) is 5.73. The molecule has 0 aromatic carbocycles. The lowest BCUT2D eigenvalue weighted by Crippen LogP contribution is -2.45. The Kier molecular flexibility index (Phi) is 5.76. The Hall–Kier alpha value is 0.0700. The molecule has 13 heavy (non-hydrogen) atoms. The van der Waals surface area contributed by atoms with Crippen molar-refractivity contribution < 1.29 is 9.53 Å². The summed E-state index contributed by atoms with van der Waals surface area (Å²) in [5.41, 5.74) is 5.73. The second-order valence-corrected chi connectivity index (χ2v) is 4.45. The summed E-state index contributed by atoms with van der Waals surface area (Å²) in [5.74, 6) is 1.94. The third-order valence-corrected chi connectivity index (χ3v) is 3.20. The Labute approximate surface area is 89.2 Å². The van der Waals surface area contributed by atoms with Gasteiger partial charge in [0.2, 0.25) is 0 Å². The number of hydrogen-bond donors (Lipinski definition) is 1. The van der Waals surface area contributed by atoms with Gasteiger partial charge < -0.3 is 10.5 Å². The van der Waals surface area contributed by atoms with E-state index in [1.165, 1.54) is 7.11 Å². The first-order chi connectivity index (χ1) is 5.66. The van der Waals surface area contributed by atoms with Crippen LogP contribution in [0.15, 0.2) is 0 Å². The van der Waals surface area contributed by atoms with Crippen molar-refractivity contribution in [3.63, 3.8) is 0 Å². The standard InChI is InChI=1S/C8H15NO2S.ClH/c1-11-7(10)6-8(9)2-4-12-5-3-8;/h2-6,9H2,1H3;1H. The molecular weight excluding hydrogens is 210 g/mol. The number of methoxy groups -OCH3 is 1. The molecule has 1 fully saturated rings. The molecule has 3 nitrogen and oxygen atoms in total. The molecule has 5 heteroatoms. The molecule has 0 aromatic rings. The van der Waals surface area contributed by atoms with Crippen LogP contribution in [0.25, 0.3) is 0 Å². The number of carbonyl (C=O) groups is 1. The molecule has 0 spiro atoms. The van der Waals surface area contributed by atoms with Crippen molar-refractivity contribution in [1.82, 2.24) is 0 Å². The molecule has 0 unspecified atom stereocenters. The monoisotopic (exact) mass is 225 g/mol. The molecule has 0 bridgehead atoms. The van der Waals surface area contributed by atoms with E-state index in [0.29, 0.717) is 6.42 Å². The minimum absolute atomic E-state index is 0. The topological polar surface area (TPSA) is 52.3 Å². The molecule has 1 heterocycles. The van der Waals surface area contributed by atoms with Crippen LogP contribution in [0.2, 0.25) is 0 Å². The van der Waals surface area contributed by atoms with Gasteiger partial charge in [-0.3, -0.25) is 4.79 Å². The highest BCUT2D eigenvalue weighted by atomic mass is 35.5. The van der Waals surface area contributed by atoms with Crippen LogP contribution in [0, 0.1) is 0 Å². The quantitative estimate of drug-likeness (QED) is 0.718. The maximum atomic E-state index is 11.0. The zero-order valence-electron chi connectivity index (χ0n) is 7.75. The lowest BCUT2D eigenvalue weighted by Gasteiger charge is -2.31. The van der Waals surface area contributed by atoms with E-state index in [0.717, 1.165) is 24.3 Å². The van der Waals surface area contributed by atoms with Crippen molar-refractivity contribution in [2.45, 2.75) is 24.8 Å². The van der Waals surface area contributed by atoms with Crippen molar-refractivity contribution in [3.8, 4) is 0 Å². The van der Waals surface area contributed by atoms with E-state index in [2.05, 4.69) is 4.74 Å². The Morgan fingerprint density at radius 3 is 2.54 bits per heavy atom. The summed E-state index contributed by atoms with van der Waals surface area (Å²) < 4.78 is 4.59. The van der Waals surface area contributed by atoms with E-state index in [9.17, 15) is 4.79 Å². The smallest absolute Gasteiger partial charge is 0.307 e. The lowest BCUT2D eigenvalue weighted by atomic mass is 9.90. The first kappa shape index (κ1) is 13.1. The largest absolute Gasteiger partial charge is 0.469 e. The predicted octanol–water partition coefficient (Wildman–Crippen LogP) is 1.20. The van der Waals surface area contributed by atoms with Crippen molar-refractivity contribution in [1.29, 1.82) is 0 Å². The van der Waals surface area contributed by atoms with Gasteiger partial charge in [-0.15, -0.1) is 12.4 Å². The number of thioether (sulfide) groups is 1. The maximum absolute atomic E-state index is 11.0. The van der Waals surface area contributed by atoms with Gasteiger partial charge in [0.25, 0.3) is 0 Å². The molecule has 1 aliphatic rings.